The molecule has 2 rings (SSSR count). The van der Waals surface area contributed by atoms with E-state index >= 15 is 0 Å². The van der Waals surface area contributed by atoms with E-state index < -0.39 is 0 Å². The summed E-state index contributed by atoms with van der Waals surface area (Å²) in [5.74, 6) is -0.0315. The van der Waals surface area contributed by atoms with Gasteiger partial charge in [-0.25, -0.2) is 0 Å². The van der Waals surface area contributed by atoms with Crippen LogP contribution in [0.4, 0.5) is 0 Å². The second-order valence-corrected chi connectivity index (χ2v) is 5.84. The molecule has 0 saturated carbocycles. The smallest absolute Gasteiger partial charge is 0.270 e. The Morgan fingerprint density at radius 3 is 3.00 bits per heavy atom. The van der Waals surface area contributed by atoms with Crippen LogP contribution in [0.3, 0.4) is 0 Å². The number of hydrogen-bond donors (Lipinski definition) is 2. The van der Waals surface area contributed by atoms with Gasteiger partial charge in [-0.1, -0.05) is 0 Å². The Morgan fingerprint density at radius 1 is 1.68 bits per heavy atom. The molecule has 1 saturated heterocycles. The summed E-state index contributed by atoms with van der Waals surface area (Å²) in [7, 11) is 1.85. The second-order valence-electron chi connectivity index (χ2n) is 4.92. The molecule has 1 unspecified atom stereocenters. The molecule has 19 heavy (non-hydrogen) atoms. The molecule has 1 fully saturated rings. The van der Waals surface area contributed by atoms with Gasteiger partial charge in [-0.2, -0.15) is 0 Å². The van der Waals surface area contributed by atoms with E-state index in [2.05, 4.69) is 21.2 Å². The number of halogens is 1. The van der Waals surface area contributed by atoms with Crippen molar-refractivity contribution in [1.82, 2.24) is 14.8 Å². The molecule has 1 aromatic heterocycles. The Labute approximate surface area is 121 Å². The Hall–Kier alpha value is -0.850. The molecular formula is C13H20BrN3O2. The van der Waals surface area contributed by atoms with E-state index in [0.29, 0.717) is 24.8 Å². The Bertz CT molecular complexity index is 441. The number of aliphatic hydroxyl groups excluding tert-OH is 1. The molecule has 0 aromatic carbocycles. The van der Waals surface area contributed by atoms with E-state index in [9.17, 15) is 4.79 Å². The molecule has 1 aliphatic heterocycles. The molecule has 1 aliphatic rings. The van der Waals surface area contributed by atoms with Crippen LogP contribution in [0, 0.1) is 0 Å². The number of aromatic nitrogens is 1. The van der Waals surface area contributed by atoms with Gasteiger partial charge in [0.1, 0.15) is 5.69 Å². The molecule has 0 spiro atoms. The lowest BCUT2D eigenvalue weighted by Gasteiger charge is -2.25. The summed E-state index contributed by atoms with van der Waals surface area (Å²) in [6.07, 6.45) is 4.10. The zero-order valence-corrected chi connectivity index (χ0v) is 12.7. The first-order valence-corrected chi connectivity index (χ1v) is 7.36. The van der Waals surface area contributed by atoms with Crippen LogP contribution in [-0.2, 0) is 7.05 Å². The van der Waals surface area contributed by atoms with Crippen molar-refractivity contribution >= 4 is 21.8 Å². The lowest BCUT2D eigenvalue weighted by molar-refractivity contribution is 0.0697. The number of carbonyl (C=O) groups excluding carboxylic acids is 1. The molecule has 1 atom stereocenters. The molecular weight excluding hydrogens is 310 g/mol. The first-order chi connectivity index (χ1) is 9.11. The summed E-state index contributed by atoms with van der Waals surface area (Å²) in [4.78, 5) is 14.2. The van der Waals surface area contributed by atoms with E-state index in [1.54, 1.807) is 9.47 Å². The van der Waals surface area contributed by atoms with Gasteiger partial charge in [-0.15, -0.1) is 0 Å². The molecule has 6 heteroatoms. The van der Waals surface area contributed by atoms with Crippen molar-refractivity contribution in [3.8, 4) is 0 Å². The molecule has 0 radical (unpaired) electrons. The summed E-state index contributed by atoms with van der Waals surface area (Å²) in [6, 6.07) is 2.16. The minimum absolute atomic E-state index is 0.00987. The van der Waals surface area contributed by atoms with Crippen molar-refractivity contribution in [2.24, 2.45) is 7.05 Å². The van der Waals surface area contributed by atoms with E-state index in [1.807, 2.05) is 19.3 Å². The fraction of sp³-hybridized carbons (Fsp3) is 0.615. The number of nitrogens with one attached hydrogen (secondary N) is 1. The third kappa shape index (κ3) is 3.58. The first kappa shape index (κ1) is 14.6. The fourth-order valence-electron chi connectivity index (χ4n) is 2.47. The van der Waals surface area contributed by atoms with Crippen LogP contribution in [0.5, 0.6) is 0 Å². The fourth-order valence-corrected chi connectivity index (χ4v) is 3.00. The molecule has 2 heterocycles. The standard InChI is InChI=1S/C13H20BrN3O2/c1-16-8-10(14)7-12(16)13(19)17(5-6-18)9-11-3-2-4-15-11/h7-8,11,15,18H,2-6,9H2,1H3. The molecule has 0 aliphatic carbocycles. The van der Waals surface area contributed by atoms with Crippen molar-refractivity contribution in [2.75, 3.05) is 26.2 Å². The predicted molar refractivity (Wildman–Crippen MR) is 77.1 cm³/mol. The maximum absolute atomic E-state index is 12.5. The monoisotopic (exact) mass is 329 g/mol. The van der Waals surface area contributed by atoms with Gasteiger partial charge in [0.05, 0.1) is 6.61 Å². The summed E-state index contributed by atoms with van der Waals surface area (Å²) in [6.45, 7) is 2.04. The summed E-state index contributed by atoms with van der Waals surface area (Å²) in [5.41, 5.74) is 0.637. The lowest BCUT2D eigenvalue weighted by atomic mass is 10.2. The summed E-state index contributed by atoms with van der Waals surface area (Å²) < 4.78 is 2.69. The Balaban J connectivity index is 2.08. The minimum Gasteiger partial charge on any atom is -0.395 e. The van der Waals surface area contributed by atoms with Crippen molar-refractivity contribution < 1.29 is 9.90 Å². The Kier molecular flexibility index (Phi) is 5.01. The molecule has 1 aromatic rings. The van der Waals surface area contributed by atoms with Crippen LogP contribution >= 0.6 is 15.9 Å². The third-order valence-corrected chi connectivity index (χ3v) is 3.88. The first-order valence-electron chi connectivity index (χ1n) is 6.57. The zero-order valence-electron chi connectivity index (χ0n) is 11.1. The van der Waals surface area contributed by atoms with Gasteiger partial charge in [-0.05, 0) is 41.4 Å². The van der Waals surface area contributed by atoms with Crippen molar-refractivity contribution in [3.05, 3.63) is 22.4 Å². The van der Waals surface area contributed by atoms with Crippen molar-refractivity contribution in [1.29, 1.82) is 0 Å². The topological polar surface area (TPSA) is 57.5 Å². The molecule has 106 valence electrons. The minimum atomic E-state index is -0.0315. The molecule has 1 amide bonds. The van der Waals surface area contributed by atoms with Crippen molar-refractivity contribution in [2.45, 2.75) is 18.9 Å². The molecule has 0 bridgehead atoms. The number of nitrogens with zero attached hydrogens (tertiary/aromatic N) is 2. The summed E-state index contributed by atoms with van der Waals surface area (Å²) >= 11 is 3.37. The number of rotatable bonds is 5. The van der Waals surface area contributed by atoms with Crippen LogP contribution in [0.25, 0.3) is 0 Å². The van der Waals surface area contributed by atoms with E-state index in [1.165, 1.54) is 0 Å². The van der Waals surface area contributed by atoms with E-state index in [0.717, 1.165) is 23.9 Å². The highest BCUT2D eigenvalue weighted by Gasteiger charge is 2.23. The molecule has 5 nitrogen and oxygen atoms in total. The zero-order chi connectivity index (χ0) is 13.8. The van der Waals surface area contributed by atoms with Gasteiger partial charge in [0, 0.05) is 36.8 Å². The van der Waals surface area contributed by atoms with Gasteiger partial charge in [0.15, 0.2) is 0 Å². The van der Waals surface area contributed by atoms with Crippen LogP contribution in [0.1, 0.15) is 23.3 Å². The maximum atomic E-state index is 12.5. The van der Waals surface area contributed by atoms with Gasteiger partial charge in [-0.3, -0.25) is 4.79 Å². The van der Waals surface area contributed by atoms with E-state index in [4.69, 9.17) is 5.11 Å². The number of aliphatic hydroxyl groups is 1. The Morgan fingerprint density at radius 2 is 2.47 bits per heavy atom. The average molecular weight is 330 g/mol. The summed E-state index contributed by atoms with van der Waals surface area (Å²) in [5, 5.41) is 12.5. The largest absolute Gasteiger partial charge is 0.395 e. The van der Waals surface area contributed by atoms with Gasteiger partial charge >= 0.3 is 0 Å². The maximum Gasteiger partial charge on any atom is 0.270 e. The highest BCUT2D eigenvalue weighted by molar-refractivity contribution is 9.10. The number of carbonyl (C=O) groups is 1. The highest BCUT2D eigenvalue weighted by atomic mass is 79.9. The van der Waals surface area contributed by atoms with Crippen LogP contribution in [0.2, 0.25) is 0 Å². The van der Waals surface area contributed by atoms with Crippen LogP contribution in [0.15, 0.2) is 16.7 Å². The average Bonchev–Trinajstić information content (AvgIpc) is 2.97. The third-order valence-electron chi connectivity index (χ3n) is 3.45. The van der Waals surface area contributed by atoms with E-state index in [-0.39, 0.29) is 12.5 Å². The number of hydrogen-bond acceptors (Lipinski definition) is 3. The van der Waals surface area contributed by atoms with Crippen molar-refractivity contribution in [3.63, 3.8) is 0 Å². The highest BCUT2D eigenvalue weighted by Crippen LogP contribution is 2.16. The van der Waals surface area contributed by atoms with Gasteiger partial charge in [0.25, 0.3) is 5.91 Å². The van der Waals surface area contributed by atoms with Gasteiger partial charge in [0.2, 0.25) is 0 Å². The normalized spacial score (nSPS) is 18.8. The number of amides is 1. The van der Waals surface area contributed by atoms with Gasteiger partial charge < -0.3 is 19.9 Å². The lowest BCUT2D eigenvalue weighted by Crippen LogP contribution is -2.43. The van der Waals surface area contributed by atoms with Crippen LogP contribution in [-0.4, -0.2) is 52.8 Å². The second kappa shape index (κ2) is 6.54. The van der Waals surface area contributed by atoms with Crippen LogP contribution < -0.4 is 5.32 Å². The quantitative estimate of drug-likeness (QED) is 0.846. The molecule has 2 N–H and O–H groups in total. The SMILES string of the molecule is Cn1cc(Br)cc1C(=O)N(CCO)CC1CCCN1. The predicted octanol–water partition coefficient (Wildman–Crippen LogP) is 0.974. The number of aryl methyl sites for hydroxylation is 1.